The normalized spacial score (nSPS) is 49.0. The number of carbonyl (C=O) groups excluding carboxylic acids is 2. The van der Waals surface area contributed by atoms with E-state index in [1.807, 2.05) is 6.08 Å². The van der Waals surface area contributed by atoms with E-state index in [9.17, 15) is 14.7 Å². The monoisotopic (exact) mass is 408 g/mol. The number of fused-ring (bicyclic) bond motifs is 5. The lowest BCUT2D eigenvalue weighted by Gasteiger charge is -2.58. The van der Waals surface area contributed by atoms with E-state index in [0.29, 0.717) is 36.4 Å². The molecular formula is C21H29BrO3. The van der Waals surface area contributed by atoms with Gasteiger partial charge in [-0.25, -0.2) is 0 Å². The van der Waals surface area contributed by atoms with Crippen LogP contribution in [0.25, 0.3) is 0 Å². The molecule has 138 valence electrons. The third-order valence-electron chi connectivity index (χ3n) is 8.70. The van der Waals surface area contributed by atoms with Crippen molar-refractivity contribution in [2.45, 2.75) is 70.8 Å². The molecule has 4 aliphatic rings. The minimum atomic E-state index is -1.16. The Labute approximate surface area is 158 Å². The molecule has 0 aromatic rings. The molecule has 3 saturated carbocycles. The Bertz CT molecular complexity index is 656. The molecule has 1 N–H and O–H groups in total. The van der Waals surface area contributed by atoms with Gasteiger partial charge in [-0.1, -0.05) is 35.4 Å². The van der Waals surface area contributed by atoms with Gasteiger partial charge in [0, 0.05) is 11.8 Å². The molecule has 25 heavy (non-hydrogen) atoms. The Hall–Kier alpha value is -0.480. The second-order valence-electron chi connectivity index (χ2n) is 9.38. The van der Waals surface area contributed by atoms with Crippen LogP contribution < -0.4 is 0 Å². The molecule has 0 spiro atoms. The number of aliphatic hydroxyl groups is 1. The van der Waals surface area contributed by atoms with E-state index in [4.69, 9.17) is 0 Å². The van der Waals surface area contributed by atoms with Gasteiger partial charge in [0.2, 0.25) is 0 Å². The van der Waals surface area contributed by atoms with E-state index in [0.717, 1.165) is 38.5 Å². The number of rotatable bonds is 2. The van der Waals surface area contributed by atoms with Crippen LogP contribution in [0.3, 0.4) is 0 Å². The van der Waals surface area contributed by atoms with Crippen LogP contribution in [0.2, 0.25) is 0 Å². The number of ketones is 2. The van der Waals surface area contributed by atoms with E-state index in [2.05, 4.69) is 29.8 Å². The van der Waals surface area contributed by atoms with Crippen LogP contribution >= 0.6 is 15.9 Å². The summed E-state index contributed by atoms with van der Waals surface area (Å²) in [6.45, 7) is 4.54. The molecule has 4 heteroatoms. The van der Waals surface area contributed by atoms with Gasteiger partial charge in [0.25, 0.3) is 0 Å². The van der Waals surface area contributed by atoms with Crippen LogP contribution in [0, 0.1) is 28.6 Å². The molecule has 0 unspecified atom stereocenters. The van der Waals surface area contributed by atoms with Crippen molar-refractivity contribution in [3.05, 3.63) is 11.6 Å². The van der Waals surface area contributed by atoms with Gasteiger partial charge in [-0.15, -0.1) is 0 Å². The van der Waals surface area contributed by atoms with Crippen molar-refractivity contribution in [2.24, 2.45) is 28.6 Å². The fraction of sp³-hybridized carbons (Fsp3) is 0.810. The lowest BCUT2D eigenvalue weighted by molar-refractivity contribution is -0.159. The topological polar surface area (TPSA) is 54.4 Å². The van der Waals surface area contributed by atoms with E-state index in [1.165, 1.54) is 5.57 Å². The van der Waals surface area contributed by atoms with Crippen LogP contribution in [0.4, 0.5) is 0 Å². The fourth-order valence-corrected chi connectivity index (χ4v) is 7.61. The molecule has 3 nitrogen and oxygen atoms in total. The standard InChI is InChI=1S/C21H29BrO3/c1-19-8-5-14(23)11-13(19)3-4-15-16(19)6-9-20(2)17(15)7-10-21(20,25)18(24)12-22/h11,15-17,25H,3-10,12H2,1-2H3/t15-,16+,17+,19+,20+,21+/m0/s1. The summed E-state index contributed by atoms with van der Waals surface area (Å²) < 4.78 is 0. The molecule has 4 aliphatic carbocycles. The van der Waals surface area contributed by atoms with Crippen LogP contribution in [0.5, 0.6) is 0 Å². The highest BCUT2D eigenvalue weighted by atomic mass is 79.9. The number of alkyl halides is 1. The number of carbonyl (C=O) groups is 2. The molecule has 4 rings (SSSR count). The highest BCUT2D eigenvalue weighted by Crippen LogP contribution is 2.67. The van der Waals surface area contributed by atoms with Crippen LogP contribution in [0.15, 0.2) is 11.6 Å². The number of allylic oxidation sites excluding steroid dienone is 1. The van der Waals surface area contributed by atoms with Gasteiger partial charge < -0.3 is 5.11 Å². The fourth-order valence-electron chi connectivity index (χ4n) is 7.14. The second-order valence-corrected chi connectivity index (χ2v) is 9.94. The Morgan fingerprint density at radius 3 is 2.60 bits per heavy atom. The van der Waals surface area contributed by atoms with Crippen molar-refractivity contribution in [2.75, 3.05) is 5.33 Å². The summed E-state index contributed by atoms with van der Waals surface area (Å²) in [5.74, 6) is 1.85. The van der Waals surface area contributed by atoms with E-state index in [-0.39, 0.29) is 21.9 Å². The zero-order valence-corrected chi connectivity index (χ0v) is 16.9. The summed E-state index contributed by atoms with van der Waals surface area (Å²) in [7, 11) is 0. The molecule has 0 heterocycles. The number of halogens is 1. The van der Waals surface area contributed by atoms with Crippen molar-refractivity contribution < 1.29 is 14.7 Å². The summed E-state index contributed by atoms with van der Waals surface area (Å²) in [6, 6.07) is 0. The Balaban J connectivity index is 1.68. The molecule has 0 aliphatic heterocycles. The number of hydrogen-bond donors (Lipinski definition) is 1. The number of Topliss-reactive ketones (excluding diaryl/α,β-unsaturated/α-hetero) is 1. The SMILES string of the molecule is C[C@@]12CCC(=O)C=C1CC[C@H]1[C@H]2CC[C@]2(C)[C@@H]1CC[C@@]2(O)C(=O)CBr. The van der Waals surface area contributed by atoms with Gasteiger partial charge in [-0.3, -0.25) is 9.59 Å². The van der Waals surface area contributed by atoms with Gasteiger partial charge in [0.05, 0.1) is 5.33 Å². The highest BCUT2D eigenvalue weighted by molar-refractivity contribution is 9.09. The van der Waals surface area contributed by atoms with Gasteiger partial charge in [0.1, 0.15) is 5.60 Å². The Morgan fingerprint density at radius 2 is 1.88 bits per heavy atom. The first-order chi connectivity index (χ1) is 11.8. The first-order valence-electron chi connectivity index (χ1n) is 9.82. The maximum atomic E-state index is 12.5. The van der Waals surface area contributed by atoms with E-state index in [1.54, 1.807) is 0 Å². The van der Waals surface area contributed by atoms with Gasteiger partial charge in [-0.05, 0) is 74.2 Å². The summed E-state index contributed by atoms with van der Waals surface area (Å²) in [5.41, 5.74) is 0.0730. The maximum Gasteiger partial charge on any atom is 0.175 e. The number of hydrogen-bond acceptors (Lipinski definition) is 3. The third kappa shape index (κ3) is 2.25. The van der Waals surface area contributed by atoms with E-state index < -0.39 is 5.60 Å². The van der Waals surface area contributed by atoms with E-state index >= 15 is 0 Å². The summed E-state index contributed by atoms with van der Waals surface area (Å²) in [6.07, 6.45) is 9.28. The first kappa shape index (κ1) is 17.9. The molecule has 0 saturated heterocycles. The average molecular weight is 409 g/mol. The van der Waals surface area contributed by atoms with Crippen LogP contribution in [-0.2, 0) is 9.59 Å². The highest BCUT2D eigenvalue weighted by Gasteiger charge is 2.65. The molecule has 3 fully saturated rings. The molecule has 0 aromatic carbocycles. The minimum Gasteiger partial charge on any atom is -0.381 e. The molecule has 6 atom stereocenters. The minimum absolute atomic E-state index is 0.0400. The summed E-state index contributed by atoms with van der Waals surface area (Å²) in [5, 5.41) is 11.5. The van der Waals surface area contributed by atoms with Crippen molar-refractivity contribution in [3.8, 4) is 0 Å². The lowest BCUT2D eigenvalue weighted by Crippen LogP contribution is -2.57. The predicted octanol–water partition coefficient (Wildman–Crippen LogP) is 4.21. The zero-order chi connectivity index (χ0) is 18.0. The van der Waals surface area contributed by atoms with Crippen LogP contribution in [0.1, 0.15) is 65.2 Å². The zero-order valence-electron chi connectivity index (χ0n) is 15.3. The van der Waals surface area contributed by atoms with Crippen molar-refractivity contribution >= 4 is 27.5 Å². The largest absolute Gasteiger partial charge is 0.381 e. The predicted molar refractivity (Wildman–Crippen MR) is 100 cm³/mol. The van der Waals surface area contributed by atoms with Crippen molar-refractivity contribution in [1.29, 1.82) is 0 Å². The summed E-state index contributed by atoms with van der Waals surface area (Å²) >= 11 is 3.28. The van der Waals surface area contributed by atoms with Gasteiger partial charge in [-0.2, -0.15) is 0 Å². The van der Waals surface area contributed by atoms with Crippen molar-refractivity contribution in [1.82, 2.24) is 0 Å². The molecule has 0 aromatic heterocycles. The Kier molecular flexibility index (Phi) is 4.12. The Morgan fingerprint density at radius 1 is 1.16 bits per heavy atom. The average Bonchev–Trinajstić information content (AvgIpc) is 2.87. The maximum absolute atomic E-state index is 12.5. The first-order valence-corrected chi connectivity index (χ1v) is 10.9. The second kappa shape index (κ2) is 5.76. The third-order valence-corrected chi connectivity index (χ3v) is 9.21. The van der Waals surface area contributed by atoms with Crippen molar-refractivity contribution in [3.63, 3.8) is 0 Å². The van der Waals surface area contributed by atoms with Crippen LogP contribution in [-0.4, -0.2) is 27.6 Å². The lowest BCUT2D eigenvalue weighted by atomic mass is 9.46. The molecule has 0 amide bonds. The summed E-state index contributed by atoms with van der Waals surface area (Å²) in [4.78, 5) is 24.4. The molecule has 0 bridgehead atoms. The van der Waals surface area contributed by atoms with Gasteiger partial charge >= 0.3 is 0 Å². The quantitative estimate of drug-likeness (QED) is 0.695. The molecular weight excluding hydrogens is 380 g/mol. The molecule has 0 radical (unpaired) electrons. The van der Waals surface area contributed by atoms with Gasteiger partial charge in [0.15, 0.2) is 11.6 Å². The smallest absolute Gasteiger partial charge is 0.175 e.